The van der Waals surface area contributed by atoms with Gasteiger partial charge < -0.3 is 14.5 Å². The summed E-state index contributed by atoms with van der Waals surface area (Å²) in [7, 11) is 0. The van der Waals surface area contributed by atoms with Crippen molar-refractivity contribution in [3.8, 4) is 23.2 Å². The van der Waals surface area contributed by atoms with E-state index in [2.05, 4.69) is 30.5 Å². The summed E-state index contributed by atoms with van der Waals surface area (Å²) in [5, 5.41) is 10.1. The maximum Gasteiger partial charge on any atom is 0.319 e. The summed E-state index contributed by atoms with van der Waals surface area (Å²) in [5.41, 5.74) is 3.99. The van der Waals surface area contributed by atoms with Crippen molar-refractivity contribution in [3.63, 3.8) is 0 Å². The standard InChI is InChI=1S/C35H38F2N6O2/c1-3-32(44)43-15-14-41(20-24(43)10-12-38)33-29-16-30(37)28(26-7-4-6-25-22(2)8-9-27(25)26)17-31(29)39-34(40-33)45-21-35-11-5-13-42(35)19-23(36)18-35/h3-4,6-7,16-17,22-24H,1,5,8-11,13-15,18-21H2,2H3/t22-,23+,24-,35-/m0/s1. The van der Waals surface area contributed by atoms with Crippen LogP contribution in [0.1, 0.15) is 56.1 Å². The van der Waals surface area contributed by atoms with Crippen LogP contribution in [0.3, 0.4) is 0 Å². The monoisotopic (exact) mass is 612 g/mol. The number of carbonyl (C=O) groups excluding carboxylic acids is 1. The van der Waals surface area contributed by atoms with Crippen molar-refractivity contribution in [2.45, 2.75) is 69.1 Å². The summed E-state index contributed by atoms with van der Waals surface area (Å²) < 4.78 is 36.9. The molecule has 3 aromatic rings. The first-order valence-corrected chi connectivity index (χ1v) is 16.0. The topological polar surface area (TPSA) is 85.6 Å². The van der Waals surface area contributed by atoms with E-state index in [0.717, 1.165) is 37.8 Å². The number of hydrogen-bond acceptors (Lipinski definition) is 7. The largest absolute Gasteiger partial charge is 0.461 e. The van der Waals surface area contributed by atoms with Crippen LogP contribution >= 0.6 is 0 Å². The minimum Gasteiger partial charge on any atom is -0.461 e. The van der Waals surface area contributed by atoms with E-state index < -0.39 is 6.17 Å². The number of rotatable bonds is 7. The molecule has 234 valence electrons. The maximum absolute atomic E-state index is 16.1. The lowest BCUT2D eigenvalue weighted by molar-refractivity contribution is -0.128. The molecule has 1 aromatic heterocycles. The molecule has 3 fully saturated rings. The van der Waals surface area contributed by atoms with Gasteiger partial charge in [0.05, 0.1) is 29.6 Å². The van der Waals surface area contributed by atoms with Gasteiger partial charge in [0.1, 0.15) is 24.4 Å². The second-order valence-corrected chi connectivity index (χ2v) is 13.1. The third-order valence-electron chi connectivity index (χ3n) is 10.4. The fraction of sp³-hybridized carbons (Fsp3) is 0.486. The van der Waals surface area contributed by atoms with Crippen molar-refractivity contribution in [3.05, 3.63) is 59.9 Å². The average Bonchev–Trinajstić information content (AvgIpc) is 3.70. The maximum atomic E-state index is 16.1. The first-order chi connectivity index (χ1) is 21.8. The number of carbonyl (C=O) groups is 1. The Kier molecular flexibility index (Phi) is 7.68. The number of nitriles is 1. The predicted octanol–water partition coefficient (Wildman–Crippen LogP) is 5.56. The minimum atomic E-state index is -0.880. The van der Waals surface area contributed by atoms with Crippen molar-refractivity contribution in [1.29, 1.82) is 5.26 Å². The van der Waals surface area contributed by atoms with E-state index in [0.29, 0.717) is 60.8 Å². The summed E-state index contributed by atoms with van der Waals surface area (Å²) in [6, 6.07) is 11.4. The van der Waals surface area contributed by atoms with Crippen LogP contribution in [0.5, 0.6) is 6.01 Å². The van der Waals surface area contributed by atoms with E-state index in [4.69, 9.17) is 14.7 Å². The Morgan fingerprint density at radius 1 is 1.22 bits per heavy atom. The zero-order valence-corrected chi connectivity index (χ0v) is 25.6. The van der Waals surface area contributed by atoms with E-state index in [9.17, 15) is 14.4 Å². The lowest BCUT2D eigenvalue weighted by atomic mass is 9.94. The fourth-order valence-electron chi connectivity index (χ4n) is 8.12. The zero-order valence-electron chi connectivity index (χ0n) is 25.6. The van der Waals surface area contributed by atoms with Gasteiger partial charge in [0.2, 0.25) is 5.91 Å². The fourth-order valence-corrected chi connectivity index (χ4v) is 8.12. The number of amides is 1. The molecule has 3 saturated heterocycles. The molecule has 1 aliphatic carbocycles. The highest BCUT2D eigenvalue weighted by Crippen LogP contribution is 2.42. The van der Waals surface area contributed by atoms with Crippen molar-refractivity contribution in [2.24, 2.45) is 0 Å². The number of piperazine rings is 1. The molecule has 1 amide bonds. The van der Waals surface area contributed by atoms with Gasteiger partial charge in [-0.05, 0) is 73.0 Å². The molecule has 10 heteroatoms. The molecule has 0 unspecified atom stereocenters. The van der Waals surface area contributed by atoms with Crippen LogP contribution in [0.2, 0.25) is 0 Å². The van der Waals surface area contributed by atoms with Crippen LogP contribution in [0.15, 0.2) is 43.0 Å². The molecular formula is C35H38F2N6O2. The Morgan fingerprint density at radius 2 is 2.09 bits per heavy atom. The van der Waals surface area contributed by atoms with Gasteiger partial charge in [-0.2, -0.15) is 15.2 Å². The van der Waals surface area contributed by atoms with Crippen molar-refractivity contribution >= 4 is 22.6 Å². The van der Waals surface area contributed by atoms with Gasteiger partial charge in [0, 0.05) is 43.5 Å². The molecule has 4 atom stereocenters. The first-order valence-electron chi connectivity index (χ1n) is 16.0. The van der Waals surface area contributed by atoms with Gasteiger partial charge in [-0.3, -0.25) is 9.69 Å². The number of halogens is 2. The van der Waals surface area contributed by atoms with Gasteiger partial charge in [-0.1, -0.05) is 31.7 Å². The SMILES string of the molecule is C=CC(=O)N1CCN(c2nc(OC[C@@]34CCCN3C[C@H](F)C4)nc3cc(-c4cccc5c4CC[C@@H]5C)c(F)cc23)C[C@@H]1CC#N. The van der Waals surface area contributed by atoms with Gasteiger partial charge in [-0.15, -0.1) is 0 Å². The van der Waals surface area contributed by atoms with Crippen LogP contribution in [-0.2, 0) is 11.2 Å². The normalized spacial score (nSPS) is 26.1. The number of alkyl halides is 1. The Labute approximate surface area is 262 Å². The summed E-state index contributed by atoms with van der Waals surface area (Å²) >= 11 is 0. The summed E-state index contributed by atoms with van der Waals surface area (Å²) in [4.78, 5) is 28.0. The number of anilines is 1. The Bertz CT molecular complexity index is 1710. The van der Waals surface area contributed by atoms with E-state index >= 15 is 4.39 Å². The molecular weight excluding hydrogens is 574 g/mol. The molecule has 0 saturated carbocycles. The molecule has 45 heavy (non-hydrogen) atoms. The van der Waals surface area contributed by atoms with Gasteiger partial charge >= 0.3 is 6.01 Å². The number of hydrogen-bond donors (Lipinski definition) is 0. The third kappa shape index (κ3) is 5.21. The number of fused-ring (bicyclic) bond motifs is 3. The average molecular weight is 613 g/mol. The molecule has 0 bridgehead atoms. The molecule has 7 rings (SSSR count). The number of aromatic nitrogens is 2. The highest BCUT2D eigenvalue weighted by atomic mass is 19.1. The number of ether oxygens (including phenoxy) is 1. The van der Waals surface area contributed by atoms with E-state index in [1.54, 1.807) is 11.0 Å². The summed E-state index contributed by atoms with van der Waals surface area (Å²) in [6.45, 7) is 8.50. The highest BCUT2D eigenvalue weighted by Gasteiger charge is 2.49. The van der Waals surface area contributed by atoms with Crippen LogP contribution < -0.4 is 9.64 Å². The molecule has 2 aromatic carbocycles. The van der Waals surface area contributed by atoms with E-state index in [1.807, 2.05) is 17.0 Å². The smallest absolute Gasteiger partial charge is 0.319 e. The van der Waals surface area contributed by atoms with E-state index in [1.165, 1.54) is 23.3 Å². The molecule has 4 heterocycles. The van der Waals surface area contributed by atoms with Gasteiger partial charge in [-0.25, -0.2) is 8.78 Å². The number of nitrogens with zero attached hydrogens (tertiary/aromatic N) is 6. The van der Waals surface area contributed by atoms with E-state index in [-0.39, 0.29) is 42.3 Å². The van der Waals surface area contributed by atoms with Crippen LogP contribution in [-0.4, -0.2) is 82.8 Å². The van der Waals surface area contributed by atoms with Crippen molar-refractivity contribution in [1.82, 2.24) is 19.8 Å². The lowest BCUT2D eigenvalue weighted by Gasteiger charge is -2.41. The lowest BCUT2D eigenvalue weighted by Crippen LogP contribution is -2.55. The van der Waals surface area contributed by atoms with Crippen LogP contribution in [0.4, 0.5) is 14.6 Å². The highest BCUT2D eigenvalue weighted by molar-refractivity contribution is 5.94. The summed E-state index contributed by atoms with van der Waals surface area (Å²) in [6.07, 6.45) is 4.74. The zero-order chi connectivity index (χ0) is 31.3. The Balaban J connectivity index is 1.30. The van der Waals surface area contributed by atoms with Crippen LogP contribution in [0, 0.1) is 17.1 Å². The van der Waals surface area contributed by atoms with Crippen molar-refractivity contribution < 1.29 is 18.3 Å². The summed E-state index contributed by atoms with van der Waals surface area (Å²) in [5.74, 6) is 0.342. The molecule has 0 radical (unpaired) electrons. The van der Waals surface area contributed by atoms with Crippen molar-refractivity contribution in [2.75, 3.05) is 44.2 Å². The molecule has 0 N–H and O–H groups in total. The first kappa shape index (κ1) is 29.6. The van der Waals surface area contributed by atoms with Crippen LogP contribution in [0.25, 0.3) is 22.0 Å². The van der Waals surface area contributed by atoms with Gasteiger partial charge in [0.15, 0.2) is 0 Å². The quantitative estimate of drug-likeness (QED) is 0.323. The predicted molar refractivity (Wildman–Crippen MR) is 168 cm³/mol. The number of benzene rings is 2. The second kappa shape index (κ2) is 11.7. The third-order valence-corrected chi connectivity index (χ3v) is 10.4. The molecule has 4 aliphatic rings. The van der Waals surface area contributed by atoms with Gasteiger partial charge in [0.25, 0.3) is 0 Å². The Hall–Kier alpha value is -4.10. The molecule has 8 nitrogen and oxygen atoms in total. The molecule has 3 aliphatic heterocycles. The second-order valence-electron chi connectivity index (χ2n) is 13.1. The Morgan fingerprint density at radius 3 is 2.91 bits per heavy atom. The molecule has 0 spiro atoms. The minimum absolute atomic E-state index is 0.140.